The molecule has 6 nitrogen and oxygen atoms in total. The number of nitrogens with zero attached hydrogens (tertiary/aromatic N) is 1. The van der Waals surface area contributed by atoms with Gasteiger partial charge in [0.05, 0.1) is 16.1 Å². The highest BCUT2D eigenvalue weighted by atomic mass is 35.5. The highest BCUT2D eigenvalue weighted by molar-refractivity contribution is 6.35. The van der Waals surface area contributed by atoms with E-state index in [0.717, 1.165) is 11.5 Å². The van der Waals surface area contributed by atoms with Gasteiger partial charge in [-0.05, 0) is 49.1 Å². The summed E-state index contributed by atoms with van der Waals surface area (Å²) in [6.07, 6.45) is -4.62. The van der Waals surface area contributed by atoms with Crippen LogP contribution in [0.1, 0.15) is 35.5 Å². The Labute approximate surface area is 208 Å². The van der Waals surface area contributed by atoms with Crippen molar-refractivity contribution in [3.63, 3.8) is 0 Å². The van der Waals surface area contributed by atoms with Crippen LogP contribution in [-0.2, 0) is 17.6 Å². The molecule has 36 heavy (non-hydrogen) atoms. The molecule has 4 aromatic rings. The predicted molar refractivity (Wildman–Crippen MR) is 129 cm³/mol. The average molecular weight is 517 g/mol. The highest BCUT2D eigenvalue weighted by Crippen LogP contribution is 2.34. The van der Waals surface area contributed by atoms with E-state index < -0.39 is 29.3 Å². The van der Waals surface area contributed by atoms with Crippen LogP contribution in [-0.4, -0.2) is 27.5 Å². The van der Waals surface area contributed by atoms with E-state index in [0.29, 0.717) is 16.3 Å². The number of amides is 1. The molecule has 0 saturated heterocycles. The number of carbonyl (C=O) groups excluding carboxylic acids is 1. The van der Waals surface area contributed by atoms with E-state index in [1.165, 1.54) is 19.9 Å². The molecular weight excluding hydrogens is 497 g/mol. The maximum Gasteiger partial charge on any atom is 0.433 e. The number of benzene rings is 3. The lowest BCUT2D eigenvalue weighted by Gasteiger charge is -2.22. The summed E-state index contributed by atoms with van der Waals surface area (Å²) in [5, 5.41) is 13.5. The number of carboxylic acids is 1. The molecule has 0 aliphatic rings. The van der Waals surface area contributed by atoms with Crippen LogP contribution in [0.25, 0.3) is 21.7 Å². The fourth-order valence-corrected chi connectivity index (χ4v) is 3.86. The third-order valence-electron chi connectivity index (χ3n) is 5.58. The van der Waals surface area contributed by atoms with E-state index in [1.54, 1.807) is 36.4 Å². The number of ether oxygens (including phenoxy) is 1. The number of halogens is 4. The Kier molecular flexibility index (Phi) is 6.53. The quantitative estimate of drug-likeness (QED) is 0.317. The molecule has 2 N–H and O–H groups in total. The standard InChI is InChI=1S/C26H20ClF3N2O4/c1-25(2,24(34)35)32-23(33)17-9-8-15-5-3-4-6-16(15)22(17)36-13-14-7-10-20-18(11-14)19(27)12-21(31-20)26(28,29)30/h3-12H,13H2,1-2H3,(H,32,33)(H,34,35). The van der Waals surface area contributed by atoms with Crippen LogP contribution in [0.5, 0.6) is 5.75 Å². The van der Waals surface area contributed by atoms with Crippen LogP contribution in [0.4, 0.5) is 13.2 Å². The van der Waals surface area contributed by atoms with Gasteiger partial charge >= 0.3 is 12.1 Å². The normalized spacial score (nSPS) is 12.1. The number of carbonyl (C=O) groups is 2. The zero-order valence-corrected chi connectivity index (χ0v) is 19.9. The number of nitrogens with one attached hydrogen (secondary N) is 1. The number of rotatable bonds is 6. The Bertz CT molecular complexity index is 1500. The SMILES string of the molecule is CC(C)(NC(=O)c1ccc2ccccc2c1OCc1ccc2nc(C(F)(F)F)cc(Cl)c2c1)C(=O)O. The lowest BCUT2D eigenvalue weighted by molar-refractivity contribution is -0.143. The number of alkyl halides is 3. The monoisotopic (exact) mass is 516 g/mol. The first-order valence-corrected chi connectivity index (χ1v) is 11.1. The molecule has 0 unspecified atom stereocenters. The lowest BCUT2D eigenvalue weighted by Crippen LogP contribution is -2.49. The van der Waals surface area contributed by atoms with Gasteiger partial charge in [0.15, 0.2) is 0 Å². The Hall–Kier alpha value is -3.85. The molecule has 1 aromatic heterocycles. The van der Waals surface area contributed by atoms with Crippen molar-refractivity contribution < 1.29 is 32.6 Å². The molecule has 10 heteroatoms. The molecule has 4 rings (SSSR count). The molecule has 0 saturated carbocycles. The topological polar surface area (TPSA) is 88.5 Å². The minimum Gasteiger partial charge on any atom is -0.487 e. The minimum atomic E-state index is -4.62. The first-order chi connectivity index (χ1) is 16.9. The summed E-state index contributed by atoms with van der Waals surface area (Å²) in [6, 6.07) is 15.8. The highest BCUT2D eigenvalue weighted by Gasteiger charge is 2.33. The molecule has 1 heterocycles. The maximum atomic E-state index is 13.1. The third kappa shape index (κ3) is 5.06. The maximum absolute atomic E-state index is 13.1. The molecular formula is C26H20ClF3N2O4. The number of hydrogen-bond donors (Lipinski definition) is 2. The van der Waals surface area contributed by atoms with Gasteiger partial charge in [-0.15, -0.1) is 0 Å². The second-order valence-electron chi connectivity index (χ2n) is 8.67. The minimum absolute atomic E-state index is 0.0378. The predicted octanol–water partition coefficient (Wildman–Crippen LogP) is 6.23. The van der Waals surface area contributed by atoms with Gasteiger partial charge in [0, 0.05) is 10.8 Å². The molecule has 0 radical (unpaired) electrons. The van der Waals surface area contributed by atoms with Crippen LogP contribution in [0, 0.1) is 0 Å². The van der Waals surface area contributed by atoms with Gasteiger partial charge in [-0.1, -0.05) is 48.0 Å². The first-order valence-electron chi connectivity index (χ1n) is 10.7. The largest absolute Gasteiger partial charge is 0.487 e. The van der Waals surface area contributed by atoms with Gasteiger partial charge in [0.25, 0.3) is 5.91 Å². The molecule has 0 spiro atoms. The third-order valence-corrected chi connectivity index (χ3v) is 5.89. The van der Waals surface area contributed by atoms with Crippen molar-refractivity contribution in [2.24, 2.45) is 0 Å². The molecule has 0 aliphatic heterocycles. The average Bonchev–Trinajstić information content (AvgIpc) is 2.81. The zero-order chi connectivity index (χ0) is 26.3. The van der Waals surface area contributed by atoms with Crippen molar-refractivity contribution in [2.45, 2.75) is 32.2 Å². The van der Waals surface area contributed by atoms with Gasteiger partial charge in [0.2, 0.25) is 0 Å². The van der Waals surface area contributed by atoms with E-state index in [2.05, 4.69) is 10.3 Å². The van der Waals surface area contributed by atoms with Crippen molar-refractivity contribution in [2.75, 3.05) is 0 Å². The summed E-state index contributed by atoms with van der Waals surface area (Å²) >= 11 is 6.11. The second kappa shape index (κ2) is 9.31. The summed E-state index contributed by atoms with van der Waals surface area (Å²) in [5.74, 6) is -1.59. The summed E-state index contributed by atoms with van der Waals surface area (Å²) in [6.45, 7) is 2.70. The number of fused-ring (bicyclic) bond motifs is 2. The number of aliphatic carboxylic acids is 1. The van der Waals surface area contributed by atoms with Crippen molar-refractivity contribution >= 4 is 45.2 Å². The smallest absolute Gasteiger partial charge is 0.433 e. The van der Waals surface area contributed by atoms with Crippen molar-refractivity contribution in [3.05, 3.63) is 82.5 Å². The van der Waals surface area contributed by atoms with E-state index in [1.807, 2.05) is 12.1 Å². The number of carboxylic acid groups (broad SMARTS) is 1. The van der Waals surface area contributed by atoms with Crippen LogP contribution >= 0.6 is 11.6 Å². The first kappa shape index (κ1) is 25.2. The van der Waals surface area contributed by atoms with Crippen LogP contribution in [0.15, 0.2) is 60.7 Å². The van der Waals surface area contributed by atoms with Gasteiger partial charge in [0.1, 0.15) is 23.6 Å². The Morgan fingerprint density at radius 1 is 1.03 bits per heavy atom. The van der Waals surface area contributed by atoms with Crippen LogP contribution in [0.2, 0.25) is 5.02 Å². The Morgan fingerprint density at radius 2 is 1.75 bits per heavy atom. The molecule has 0 bridgehead atoms. The van der Waals surface area contributed by atoms with E-state index in [4.69, 9.17) is 16.3 Å². The van der Waals surface area contributed by atoms with Crippen molar-refractivity contribution in [1.82, 2.24) is 10.3 Å². The van der Waals surface area contributed by atoms with Gasteiger partial charge in [-0.2, -0.15) is 13.2 Å². The summed E-state index contributed by atoms with van der Waals surface area (Å²) in [5.41, 5.74) is -1.80. The van der Waals surface area contributed by atoms with Crippen LogP contribution < -0.4 is 10.1 Å². The zero-order valence-electron chi connectivity index (χ0n) is 19.1. The number of pyridine rings is 1. The number of aromatic nitrogens is 1. The number of hydrogen-bond acceptors (Lipinski definition) is 4. The van der Waals surface area contributed by atoms with E-state index >= 15 is 0 Å². The fourth-order valence-electron chi connectivity index (χ4n) is 3.60. The molecule has 0 atom stereocenters. The van der Waals surface area contributed by atoms with Crippen LogP contribution in [0.3, 0.4) is 0 Å². The fraction of sp³-hybridized carbons (Fsp3) is 0.192. The second-order valence-corrected chi connectivity index (χ2v) is 9.08. The molecule has 186 valence electrons. The van der Waals surface area contributed by atoms with E-state index in [-0.39, 0.29) is 28.5 Å². The van der Waals surface area contributed by atoms with Crippen molar-refractivity contribution in [3.8, 4) is 5.75 Å². The summed E-state index contributed by atoms with van der Waals surface area (Å²) in [7, 11) is 0. The van der Waals surface area contributed by atoms with Gasteiger partial charge in [-0.25, -0.2) is 9.78 Å². The molecule has 0 fully saturated rings. The van der Waals surface area contributed by atoms with Gasteiger partial charge < -0.3 is 15.2 Å². The lowest BCUT2D eigenvalue weighted by atomic mass is 10.0. The molecule has 1 amide bonds. The summed E-state index contributed by atoms with van der Waals surface area (Å²) < 4.78 is 45.2. The Morgan fingerprint density at radius 3 is 2.44 bits per heavy atom. The summed E-state index contributed by atoms with van der Waals surface area (Å²) in [4.78, 5) is 28.1. The van der Waals surface area contributed by atoms with Gasteiger partial charge in [-0.3, -0.25) is 4.79 Å². The van der Waals surface area contributed by atoms with Crippen molar-refractivity contribution in [1.29, 1.82) is 0 Å². The van der Waals surface area contributed by atoms with E-state index in [9.17, 15) is 27.9 Å². The molecule has 3 aromatic carbocycles. The molecule has 0 aliphatic carbocycles. The Balaban J connectivity index is 1.69.